The van der Waals surface area contributed by atoms with Crippen molar-refractivity contribution in [1.29, 1.82) is 0 Å². The van der Waals surface area contributed by atoms with Gasteiger partial charge in [0.2, 0.25) is 5.13 Å². The molecule has 0 bridgehead atoms. The highest BCUT2D eigenvalue weighted by Crippen LogP contribution is 2.33. The zero-order valence-electron chi connectivity index (χ0n) is 19.6. The van der Waals surface area contributed by atoms with E-state index in [4.69, 9.17) is 9.72 Å². The Balaban J connectivity index is 1.40. The maximum atomic E-state index is 13.0. The minimum Gasteiger partial charge on any atom is -0.497 e. The normalized spacial score (nSPS) is 16.2. The van der Waals surface area contributed by atoms with Gasteiger partial charge in [0.05, 0.1) is 18.3 Å². The molecule has 0 aliphatic carbocycles. The Labute approximate surface area is 202 Å². The molecule has 4 aromatic rings. The Morgan fingerprint density at radius 2 is 2.09 bits per heavy atom. The summed E-state index contributed by atoms with van der Waals surface area (Å²) >= 11 is 1.23. The molecule has 1 fully saturated rings. The van der Waals surface area contributed by atoms with Crippen LogP contribution in [0.4, 0.5) is 9.93 Å². The highest BCUT2D eigenvalue weighted by molar-refractivity contribution is 7.09. The molecule has 2 amide bonds. The smallest absolute Gasteiger partial charge is 0.323 e. The number of methoxy groups -OCH3 is 1. The van der Waals surface area contributed by atoms with Crippen LogP contribution in [-0.4, -0.2) is 49.9 Å². The average molecular weight is 477 g/mol. The summed E-state index contributed by atoms with van der Waals surface area (Å²) in [4.78, 5) is 24.4. The predicted octanol–water partition coefficient (Wildman–Crippen LogP) is 5.40. The quantitative estimate of drug-likeness (QED) is 0.417. The summed E-state index contributed by atoms with van der Waals surface area (Å²) < 4.78 is 11.9. The van der Waals surface area contributed by atoms with Gasteiger partial charge >= 0.3 is 6.03 Å². The van der Waals surface area contributed by atoms with Gasteiger partial charge in [-0.05, 0) is 37.1 Å². The Kier molecular flexibility index (Phi) is 6.19. The van der Waals surface area contributed by atoms with Crippen LogP contribution in [0.25, 0.3) is 16.8 Å². The number of anilines is 1. The topological polar surface area (TPSA) is 84.6 Å². The standard InChI is InChI=1S/C25H28N6O2S/c1-16(2)22-27-24(34-29-22)28-25(32)30-12-7-9-18(15-30)23-26-21(20-11-4-5-13-31(20)23)17-8-6-10-19(14-17)33-3/h4-6,8,10-11,13-14,16,18H,7,9,12,15H2,1-3H3,(H,27,28,29,32)/t18-/m1/s1. The minimum absolute atomic E-state index is 0.134. The van der Waals surface area contributed by atoms with Gasteiger partial charge in [0.1, 0.15) is 17.4 Å². The number of pyridine rings is 1. The van der Waals surface area contributed by atoms with Gasteiger partial charge in [0, 0.05) is 48.2 Å². The molecule has 0 spiro atoms. The molecule has 4 heterocycles. The molecule has 1 N–H and O–H groups in total. The zero-order valence-corrected chi connectivity index (χ0v) is 20.4. The second-order valence-electron chi connectivity index (χ2n) is 8.83. The minimum atomic E-state index is -0.134. The number of nitrogens with one attached hydrogen (secondary N) is 1. The lowest BCUT2D eigenvalue weighted by Gasteiger charge is -2.31. The van der Waals surface area contributed by atoms with Gasteiger partial charge < -0.3 is 14.0 Å². The van der Waals surface area contributed by atoms with Crippen molar-refractivity contribution in [3.8, 4) is 17.0 Å². The molecular weight excluding hydrogens is 448 g/mol. The molecule has 0 saturated carbocycles. The maximum Gasteiger partial charge on any atom is 0.323 e. The van der Waals surface area contributed by atoms with Crippen LogP contribution in [0, 0.1) is 0 Å². The molecule has 0 radical (unpaired) electrons. The van der Waals surface area contributed by atoms with E-state index in [9.17, 15) is 4.79 Å². The lowest BCUT2D eigenvalue weighted by molar-refractivity contribution is 0.191. The largest absolute Gasteiger partial charge is 0.497 e. The van der Waals surface area contributed by atoms with E-state index in [1.807, 2.05) is 49.1 Å². The number of imidazole rings is 1. The van der Waals surface area contributed by atoms with Crippen LogP contribution in [0.2, 0.25) is 0 Å². The first-order valence-corrected chi connectivity index (χ1v) is 12.3. The van der Waals surface area contributed by atoms with Crippen LogP contribution in [0.3, 0.4) is 0 Å². The molecule has 5 rings (SSSR count). The summed E-state index contributed by atoms with van der Waals surface area (Å²) in [7, 11) is 1.67. The predicted molar refractivity (Wildman–Crippen MR) is 134 cm³/mol. The van der Waals surface area contributed by atoms with Crippen molar-refractivity contribution in [2.24, 2.45) is 0 Å². The third-order valence-corrected chi connectivity index (χ3v) is 6.81. The molecule has 8 nitrogen and oxygen atoms in total. The van der Waals surface area contributed by atoms with E-state index in [0.29, 0.717) is 18.2 Å². The summed E-state index contributed by atoms with van der Waals surface area (Å²) in [5.41, 5.74) is 2.98. The Morgan fingerprint density at radius 3 is 2.88 bits per heavy atom. The third-order valence-electron chi connectivity index (χ3n) is 6.16. The van der Waals surface area contributed by atoms with Crippen molar-refractivity contribution >= 4 is 28.2 Å². The van der Waals surface area contributed by atoms with Crippen molar-refractivity contribution in [2.45, 2.75) is 38.5 Å². The summed E-state index contributed by atoms with van der Waals surface area (Å²) in [5, 5.41) is 3.47. The van der Waals surface area contributed by atoms with Gasteiger partial charge in [-0.3, -0.25) is 5.32 Å². The van der Waals surface area contributed by atoms with Crippen molar-refractivity contribution in [3.05, 3.63) is 60.3 Å². The third kappa shape index (κ3) is 4.35. The number of ether oxygens (including phenoxy) is 1. The first-order chi connectivity index (χ1) is 16.5. The summed E-state index contributed by atoms with van der Waals surface area (Å²) in [6.45, 7) is 5.40. The average Bonchev–Trinajstić information content (AvgIpc) is 3.49. The number of fused-ring (bicyclic) bond motifs is 1. The van der Waals surface area contributed by atoms with Crippen LogP contribution in [0.5, 0.6) is 5.75 Å². The Bertz CT molecular complexity index is 1310. The zero-order chi connectivity index (χ0) is 23.7. The van der Waals surface area contributed by atoms with Crippen LogP contribution >= 0.6 is 11.5 Å². The molecule has 176 valence electrons. The number of aromatic nitrogens is 4. The molecule has 1 aliphatic rings. The van der Waals surface area contributed by atoms with E-state index >= 15 is 0 Å². The number of piperidine rings is 1. The highest BCUT2D eigenvalue weighted by Gasteiger charge is 2.29. The Morgan fingerprint density at radius 1 is 1.21 bits per heavy atom. The lowest BCUT2D eigenvalue weighted by atomic mass is 9.97. The fourth-order valence-electron chi connectivity index (χ4n) is 4.40. The summed E-state index contributed by atoms with van der Waals surface area (Å²) in [5.74, 6) is 2.90. The van der Waals surface area contributed by atoms with Crippen molar-refractivity contribution in [1.82, 2.24) is 23.6 Å². The van der Waals surface area contributed by atoms with Crippen LogP contribution in [0.1, 0.15) is 50.2 Å². The van der Waals surface area contributed by atoms with Gasteiger partial charge in [-0.1, -0.05) is 32.0 Å². The van der Waals surface area contributed by atoms with Gasteiger partial charge in [0.25, 0.3) is 0 Å². The van der Waals surface area contributed by atoms with Crippen LogP contribution < -0.4 is 10.1 Å². The van der Waals surface area contributed by atoms with Gasteiger partial charge in [-0.2, -0.15) is 4.37 Å². The summed E-state index contributed by atoms with van der Waals surface area (Å²) in [6, 6.07) is 14.0. The highest BCUT2D eigenvalue weighted by atomic mass is 32.1. The van der Waals surface area contributed by atoms with E-state index in [2.05, 4.69) is 37.4 Å². The first kappa shape index (κ1) is 22.3. The lowest BCUT2D eigenvalue weighted by Crippen LogP contribution is -2.42. The number of rotatable bonds is 5. The van der Waals surface area contributed by atoms with E-state index in [-0.39, 0.29) is 17.9 Å². The number of likely N-dealkylation sites (tertiary alicyclic amines) is 1. The molecule has 1 saturated heterocycles. The number of amides is 2. The van der Waals surface area contributed by atoms with Gasteiger partial charge in [-0.25, -0.2) is 14.8 Å². The summed E-state index contributed by atoms with van der Waals surface area (Å²) in [6.07, 6.45) is 3.95. The van der Waals surface area contributed by atoms with Gasteiger partial charge in [0.15, 0.2) is 0 Å². The van der Waals surface area contributed by atoms with E-state index in [1.54, 1.807) is 7.11 Å². The molecule has 3 aromatic heterocycles. The van der Waals surface area contributed by atoms with Crippen molar-refractivity contribution < 1.29 is 9.53 Å². The number of hydrogen-bond donors (Lipinski definition) is 1. The number of carbonyl (C=O) groups is 1. The fraction of sp³-hybridized carbons (Fsp3) is 0.360. The maximum absolute atomic E-state index is 13.0. The number of benzene rings is 1. The Hall–Kier alpha value is -3.46. The second kappa shape index (κ2) is 9.42. The van der Waals surface area contributed by atoms with Crippen molar-refractivity contribution in [3.63, 3.8) is 0 Å². The van der Waals surface area contributed by atoms with Crippen LogP contribution in [0.15, 0.2) is 48.7 Å². The molecule has 0 unspecified atom stereocenters. The number of urea groups is 1. The number of hydrogen-bond acceptors (Lipinski definition) is 6. The van der Waals surface area contributed by atoms with Crippen LogP contribution in [-0.2, 0) is 0 Å². The SMILES string of the molecule is COc1cccc(-c2nc([C@@H]3CCCN(C(=O)Nc4nc(C(C)C)ns4)C3)n3ccccc23)c1. The molecular formula is C25H28N6O2S. The second-order valence-corrected chi connectivity index (χ2v) is 9.59. The van der Waals surface area contributed by atoms with Crippen molar-refractivity contribution in [2.75, 3.05) is 25.5 Å². The molecule has 1 atom stereocenters. The molecule has 34 heavy (non-hydrogen) atoms. The number of nitrogens with zero attached hydrogens (tertiary/aromatic N) is 5. The monoisotopic (exact) mass is 476 g/mol. The van der Waals surface area contributed by atoms with Gasteiger partial charge in [-0.15, -0.1) is 0 Å². The van der Waals surface area contributed by atoms with E-state index in [1.165, 1.54) is 11.5 Å². The van der Waals surface area contributed by atoms with E-state index in [0.717, 1.165) is 47.0 Å². The molecule has 1 aliphatic heterocycles. The molecule has 1 aromatic carbocycles. The fourth-order valence-corrected chi connectivity index (χ4v) is 5.09. The van der Waals surface area contributed by atoms with E-state index < -0.39 is 0 Å². The number of carbonyl (C=O) groups excluding carboxylic acids is 1. The molecule has 9 heteroatoms. The first-order valence-electron chi connectivity index (χ1n) is 11.5.